The Labute approximate surface area is 139 Å². The molecule has 0 spiro atoms. The lowest BCUT2D eigenvalue weighted by Crippen LogP contribution is -1.94. The predicted molar refractivity (Wildman–Crippen MR) is 94.2 cm³/mol. The monoisotopic (exact) mass is 322 g/mol. The maximum Gasteiger partial charge on any atom is 0.167 e. The molecule has 0 aliphatic carbocycles. The number of methoxy groups -OCH3 is 1. The first-order chi connectivity index (χ1) is 11.0. The highest BCUT2D eigenvalue weighted by atomic mass is 16.5. The summed E-state index contributed by atoms with van der Waals surface area (Å²) in [6, 6.07) is 0. The van der Waals surface area contributed by atoms with Crippen molar-refractivity contribution in [3.05, 3.63) is 22.8 Å². The van der Waals surface area contributed by atoms with E-state index >= 15 is 0 Å². The minimum absolute atomic E-state index is 0.0892. The SMILES string of the molecule is COc1c(C)c(O)c(C=CCCCCCCCCO)c(C)c1O. The molecule has 1 rings (SSSR count). The van der Waals surface area contributed by atoms with Gasteiger partial charge in [0.2, 0.25) is 0 Å². The van der Waals surface area contributed by atoms with Crippen molar-refractivity contribution in [2.75, 3.05) is 13.7 Å². The van der Waals surface area contributed by atoms with E-state index in [-0.39, 0.29) is 11.5 Å². The molecular weight excluding hydrogens is 292 g/mol. The molecule has 3 N–H and O–H groups in total. The molecule has 0 radical (unpaired) electrons. The minimum atomic E-state index is 0.0892. The first-order valence-electron chi connectivity index (χ1n) is 8.41. The number of ether oxygens (including phenoxy) is 1. The first kappa shape index (κ1) is 19.4. The van der Waals surface area contributed by atoms with E-state index in [9.17, 15) is 10.2 Å². The Morgan fingerprint density at radius 3 is 2.09 bits per heavy atom. The van der Waals surface area contributed by atoms with Gasteiger partial charge in [0.05, 0.1) is 7.11 Å². The fourth-order valence-electron chi connectivity index (χ4n) is 2.70. The van der Waals surface area contributed by atoms with Gasteiger partial charge in [-0.15, -0.1) is 0 Å². The second kappa shape index (κ2) is 10.2. The zero-order valence-electron chi connectivity index (χ0n) is 14.6. The van der Waals surface area contributed by atoms with Crippen molar-refractivity contribution in [2.24, 2.45) is 0 Å². The van der Waals surface area contributed by atoms with E-state index < -0.39 is 0 Å². The Bertz CT molecular complexity index is 492. The first-order valence-corrected chi connectivity index (χ1v) is 8.41. The van der Waals surface area contributed by atoms with Crippen LogP contribution in [0.2, 0.25) is 0 Å². The fraction of sp³-hybridized carbons (Fsp3) is 0.579. The van der Waals surface area contributed by atoms with Crippen LogP contribution in [0.5, 0.6) is 17.2 Å². The van der Waals surface area contributed by atoms with Crippen molar-refractivity contribution in [1.82, 2.24) is 0 Å². The topological polar surface area (TPSA) is 69.9 Å². The number of rotatable bonds is 10. The molecule has 130 valence electrons. The second-order valence-electron chi connectivity index (χ2n) is 5.93. The summed E-state index contributed by atoms with van der Waals surface area (Å²) in [4.78, 5) is 0. The Morgan fingerprint density at radius 2 is 1.48 bits per heavy atom. The molecule has 0 aliphatic rings. The molecule has 23 heavy (non-hydrogen) atoms. The van der Waals surface area contributed by atoms with Gasteiger partial charge in [-0.3, -0.25) is 0 Å². The number of aliphatic hydroxyl groups excluding tert-OH is 1. The van der Waals surface area contributed by atoms with Gasteiger partial charge < -0.3 is 20.1 Å². The van der Waals surface area contributed by atoms with E-state index in [1.54, 1.807) is 13.8 Å². The normalized spacial score (nSPS) is 11.3. The minimum Gasteiger partial charge on any atom is -0.507 e. The lowest BCUT2D eigenvalue weighted by Gasteiger charge is -2.14. The number of allylic oxidation sites excluding steroid dienone is 1. The summed E-state index contributed by atoms with van der Waals surface area (Å²) in [7, 11) is 1.48. The summed E-state index contributed by atoms with van der Waals surface area (Å²) in [5.74, 6) is 0.587. The van der Waals surface area contributed by atoms with Crippen LogP contribution >= 0.6 is 0 Å². The Balaban J connectivity index is 2.54. The van der Waals surface area contributed by atoms with Gasteiger partial charge in [0.25, 0.3) is 0 Å². The zero-order valence-corrected chi connectivity index (χ0v) is 14.6. The number of hydrogen-bond acceptors (Lipinski definition) is 4. The van der Waals surface area contributed by atoms with Crippen LogP contribution in [0, 0.1) is 13.8 Å². The van der Waals surface area contributed by atoms with Gasteiger partial charge in [0, 0.05) is 23.3 Å². The van der Waals surface area contributed by atoms with Gasteiger partial charge in [0.15, 0.2) is 11.5 Å². The van der Waals surface area contributed by atoms with Crippen LogP contribution in [0.1, 0.15) is 61.6 Å². The highest BCUT2D eigenvalue weighted by molar-refractivity contribution is 5.70. The van der Waals surface area contributed by atoms with Crippen molar-refractivity contribution in [1.29, 1.82) is 0 Å². The summed E-state index contributed by atoms with van der Waals surface area (Å²) in [6.07, 6.45) is 11.5. The lowest BCUT2D eigenvalue weighted by atomic mass is 10.00. The van der Waals surface area contributed by atoms with Crippen LogP contribution in [0.4, 0.5) is 0 Å². The van der Waals surface area contributed by atoms with Gasteiger partial charge >= 0.3 is 0 Å². The Morgan fingerprint density at radius 1 is 0.870 bits per heavy atom. The average molecular weight is 322 g/mol. The molecule has 0 aromatic heterocycles. The van der Waals surface area contributed by atoms with Crippen molar-refractivity contribution < 1.29 is 20.1 Å². The molecule has 0 unspecified atom stereocenters. The van der Waals surface area contributed by atoms with Crippen molar-refractivity contribution in [2.45, 2.75) is 58.8 Å². The molecule has 0 amide bonds. The van der Waals surface area contributed by atoms with Crippen LogP contribution in [-0.4, -0.2) is 29.0 Å². The van der Waals surface area contributed by atoms with Crippen LogP contribution in [0.3, 0.4) is 0 Å². The van der Waals surface area contributed by atoms with E-state index in [2.05, 4.69) is 0 Å². The highest BCUT2D eigenvalue weighted by Gasteiger charge is 2.17. The number of hydrogen-bond donors (Lipinski definition) is 3. The molecule has 4 nitrogen and oxygen atoms in total. The third-order valence-electron chi connectivity index (χ3n) is 4.19. The van der Waals surface area contributed by atoms with Crippen molar-refractivity contribution in [3.8, 4) is 17.2 Å². The molecular formula is C19H30O4. The third-order valence-corrected chi connectivity index (χ3v) is 4.19. The van der Waals surface area contributed by atoms with Crippen molar-refractivity contribution in [3.63, 3.8) is 0 Å². The standard InChI is InChI=1S/C19H30O4/c1-14-16(17(21)15(2)19(23-3)18(14)22)12-10-8-6-4-5-7-9-11-13-20/h10,12,20-22H,4-9,11,13H2,1-3H3. The lowest BCUT2D eigenvalue weighted by molar-refractivity contribution is 0.282. The van der Waals surface area contributed by atoms with E-state index in [1.165, 1.54) is 26.4 Å². The second-order valence-corrected chi connectivity index (χ2v) is 5.93. The number of phenols is 2. The van der Waals surface area contributed by atoms with E-state index in [0.717, 1.165) is 25.7 Å². The van der Waals surface area contributed by atoms with Gasteiger partial charge in [-0.05, 0) is 33.1 Å². The summed E-state index contributed by atoms with van der Waals surface area (Å²) in [5, 5.41) is 29.1. The molecule has 0 heterocycles. The van der Waals surface area contributed by atoms with Gasteiger partial charge in [-0.1, -0.05) is 37.8 Å². The number of phenolic OH excluding ortho intramolecular Hbond substituents is 2. The average Bonchev–Trinajstić information content (AvgIpc) is 2.55. The summed E-state index contributed by atoms with van der Waals surface area (Å²) >= 11 is 0. The van der Waals surface area contributed by atoms with Crippen LogP contribution in [-0.2, 0) is 0 Å². The van der Waals surface area contributed by atoms with E-state index in [4.69, 9.17) is 9.84 Å². The molecule has 0 atom stereocenters. The summed E-state index contributed by atoms with van der Waals surface area (Å²) in [6.45, 7) is 3.80. The molecule has 1 aromatic carbocycles. The van der Waals surface area contributed by atoms with Gasteiger partial charge in [0.1, 0.15) is 5.75 Å². The summed E-state index contributed by atoms with van der Waals surface area (Å²) in [5.41, 5.74) is 1.84. The van der Waals surface area contributed by atoms with E-state index in [0.29, 0.717) is 29.0 Å². The number of benzene rings is 1. The summed E-state index contributed by atoms with van der Waals surface area (Å²) < 4.78 is 5.14. The Kier molecular flexibility index (Phi) is 8.56. The largest absolute Gasteiger partial charge is 0.507 e. The number of aromatic hydroxyl groups is 2. The molecule has 0 bridgehead atoms. The highest BCUT2D eigenvalue weighted by Crippen LogP contribution is 2.42. The number of unbranched alkanes of at least 4 members (excludes halogenated alkanes) is 6. The molecule has 4 heteroatoms. The fourth-order valence-corrected chi connectivity index (χ4v) is 2.70. The molecule has 0 fully saturated rings. The van der Waals surface area contributed by atoms with Crippen LogP contribution < -0.4 is 4.74 Å². The number of aliphatic hydroxyl groups is 1. The maximum absolute atomic E-state index is 10.3. The maximum atomic E-state index is 10.3. The molecule has 0 saturated heterocycles. The predicted octanol–water partition coefficient (Wildman–Crippen LogP) is 4.46. The molecule has 0 saturated carbocycles. The third kappa shape index (κ3) is 5.47. The van der Waals surface area contributed by atoms with E-state index in [1.807, 2.05) is 12.2 Å². The van der Waals surface area contributed by atoms with Gasteiger partial charge in [-0.2, -0.15) is 0 Å². The molecule has 0 aliphatic heterocycles. The van der Waals surface area contributed by atoms with Gasteiger partial charge in [-0.25, -0.2) is 0 Å². The van der Waals surface area contributed by atoms with Crippen LogP contribution in [0.25, 0.3) is 6.08 Å². The van der Waals surface area contributed by atoms with Crippen molar-refractivity contribution >= 4 is 6.08 Å². The quantitative estimate of drug-likeness (QED) is 0.439. The zero-order chi connectivity index (χ0) is 17.2. The molecule has 1 aromatic rings. The smallest absolute Gasteiger partial charge is 0.167 e. The van der Waals surface area contributed by atoms with Crippen LogP contribution in [0.15, 0.2) is 6.08 Å². The Hall–Kier alpha value is -1.68.